The lowest BCUT2D eigenvalue weighted by Gasteiger charge is -2.26. The minimum Gasteiger partial charge on any atom is -0.507 e. The Morgan fingerprint density at radius 3 is 2.24 bits per heavy atom. The molecule has 37 heavy (non-hydrogen) atoms. The van der Waals surface area contributed by atoms with Crippen molar-refractivity contribution in [2.75, 3.05) is 18.6 Å². The SMILES string of the molecule is CCCOc1cccc(/C(O)=C2/C(=O)C(=O)N(c3ccc(OC(C)C)cc3)C2c2ccc(OC)cc2)c1. The molecule has 7 nitrogen and oxygen atoms in total. The summed E-state index contributed by atoms with van der Waals surface area (Å²) in [7, 11) is 1.56. The molecule has 0 bridgehead atoms. The van der Waals surface area contributed by atoms with E-state index in [1.807, 2.05) is 20.8 Å². The molecule has 0 aromatic heterocycles. The number of carbonyl (C=O) groups is 2. The van der Waals surface area contributed by atoms with E-state index >= 15 is 0 Å². The molecule has 0 radical (unpaired) electrons. The largest absolute Gasteiger partial charge is 0.507 e. The quantitative estimate of drug-likeness (QED) is 0.223. The topological polar surface area (TPSA) is 85.3 Å². The molecule has 0 saturated carbocycles. The van der Waals surface area contributed by atoms with Gasteiger partial charge in [0.1, 0.15) is 23.0 Å². The van der Waals surface area contributed by atoms with Crippen molar-refractivity contribution in [2.45, 2.75) is 39.3 Å². The number of anilines is 1. The summed E-state index contributed by atoms with van der Waals surface area (Å²) in [4.78, 5) is 28.2. The molecule has 1 heterocycles. The molecule has 192 valence electrons. The Kier molecular flexibility index (Phi) is 7.82. The van der Waals surface area contributed by atoms with E-state index in [1.54, 1.807) is 79.9 Å². The summed E-state index contributed by atoms with van der Waals surface area (Å²) < 4.78 is 16.7. The third kappa shape index (κ3) is 5.45. The number of methoxy groups -OCH3 is 1. The highest BCUT2D eigenvalue weighted by Crippen LogP contribution is 2.43. The van der Waals surface area contributed by atoms with Crippen molar-refractivity contribution in [3.63, 3.8) is 0 Å². The summed E-state index contributed by atoms with van der Waals surface area (Å²) in [6.45, 7) is 6.38. The fourth-order valence-electron chi connectivity index (χ4n) is 4.27. The third-order valence-corrected chi connectivity index (χ3v) is 5.94. The molecule has 3 aromatic carbocycles. The number of ether oxygens (including phenoxy) is 3. The highest BCUT2D eigenvalue weighted by atomic mass is 16.5. The van der Waals surface area contributed by atoms with Crippen LogP contribution in [0.25, 0.3) is 5.76 Å². The Morgan fingerprint density at radius 1 is 0.946 bits per heavy atom. The fraction of sp³-hybridized carbons (Fsp3) is 0.267. The Hall–Kier alpha value is -4.26. The first kappa shape index (κ1) is 25.8. The van der Waals surface area contributed by atoms with Crippen molar-refractivity contribution in [3.8, 4) is 17.2 Å². The van der Waals surface area contributed by atoms with Gasteiger partial charge in [0.25, 0.3) is 11.7 Å². The molecule has 1 N–H and O–H groups in total. The maximum atomic E-state index is 13.4. The first-order valence-corrected chi connectivity index (χ1v) is 12.3. The number of benzene rings is 3. The zero-order valence-corrected chi connectivity index (χ0v) is 21.4. The molecular weight excluding hydrogens is 470 g/mol. The average molecular weight is 502 g/mol. The van der Waals surface area contributed by atoms with Gasteiger partial charge >= 0.3 is 0 Å². The first-order valence-electron chi connectivity index (χ1n) is 12.3. The van der Waals surface area contributed by atoms with Gasteiger partial charge in [0.05, 0.1) is 31.4 Å². The van der Waals surface area contributed by atoms with Gasteiger partial charge in [-0.3, -0.25) is 14.5 Å². The van der Waals surface area contributed by atoms with Crippen LogP contribution in [-0.2, 0) is 9.59 Å². The highest BCUT2D eigenvalue weighted by molar-refractivity contribution is 6.51. The molecule has 1 aliphatic rings. The summed E-state index contributed by atoms with van der Waals surface area (Å²) in [6, 6.07) is 20.1. The monoisotopic (exact) mass is 501 g/mol. The van der Waals surface area contributed by atoms with Crippen LogP contribution in [0.4, 0.5) is 5.69 Å². The predicted molar refractivity (Wildman–Crippen MR) is 142 cm³/mol. The smallest absolute Gasteiger partial charge is 0.300 e. The van der Waals surface area contributed by atoms with E-state index in [0.29, 0.717) is 40.7 Å². The van der Waals surface area contributed by atoms with Crippen LogP contribution in [0.5, 0.6) is 17.2 Å². The number of nitrogens with zero attached hydrogens (tertiary/aromatic N) is 1. The summed E-state index contributed by atoms with van der Waals surface area (Å²) in [5.41, 5.74) is 1.57. The average Bonchev–Trinajstić information content (AvgIpc) is 3.17. The summed E-state index contributed by atoms with van der Waals surface area (Å²) >= 11 is 0. The van der Waals surface area contributed by atoms with Gasteiger partial charge in [0.15, 0.2) is 0 Å². The van der Waals surface area contributed by atoms with E-state index < -0.39 is 17.7 Å². The molecule has 1 saturated heterocycles. The van der Waals surface area contributed by atoms with Crippen LogP contribution >= 0.6 is 0 Å². The summed E-state index contributed by atoms with van der Waals surface area (Å²) in [5, 5.41) is 11.4. The van der Waals surface area contributed by atoms with Crippen molar-refractivity contribution in [3.05, 3.63) is 89.5 Å². The van der Waals surface area contributed by atoms with Crippen LogP contribution in [0.15, 0.2) is 78.4 Å². The molecule has 1 amide bonds. The fourth-order valence-corrected chi connectivity index (χ4v) is 4.27. The van der Waals surface area contributed by atoms with Crippen molar-refractivity contribution in [2.24, 2.45) is 0 Å². The van der Waals surface area contributed by atoms with Gasteiger partial charge in [-0.25, -0.2) is 0 Å². The lowest BCUT2D eigenvalue weighted by molar-refractivity contribution is -0.132. The van der Waals surface area contributed by atoms with Gasteiger partial charge in [-0.15, -0.1) is 0 Å². The molecule has 1 fully saturated rings. The Bertz CT molecular complexity index is 1290. The minimum atomic E-state index is -0.844. The van der Waals surface area contributed by atoms with Crippen LogP contribution < -0.4 is 19.1 Å². The van der Waals surface area contributed by atoms with E-state index in [1.165, 1.54) is 4.90 Å². The van der Waals surface area contributed by atoms with Crippen LogP contribution in [0.2, 0.25) is 0 Å². The number of Topliss-reactive ketones (excluding diaryl/α,β-unsaturated/α-hetero) is 1. The Morgan fingerprint density at radius 2 is 1.62 bits per heavy atom. The van der Waals surface area contributed by atoms with E-state index in [2.05, 4.69) is 0 Å². The van der Waals surface area contributed by atoms with Crippen LogP contribution in [0, 0.1) is 0 Å². The molecule has 1 unspecified atom stereocenters. The molecule has 1 aliphatic heterocycles. The molecular formula is C30H31NO6. The molecule has 0 aliphatic carbocycles. The Balaban J connectivity index is 1.83. The zero-order chi connectivity index (χ0) is 26.5. The second-order valence-corrected chi connectivity index (χ2v) is 8.98. The van der Waals surface area contributed by atoms with Gasteiger partial charge < -0.3 is 19.3 Å². The van der Waals surface area contributed by atoms with Gasteiger partial charge in [-0.05, 0) is 74.4 Å². The minimum absolute atomic E-state index is 0.00329. The number of carbonyl (C=O) groups excluding carboxylic acids is 2. The normalized spacial score (nSPS) is 16.8. The van der Waals surface area contributed by atoms with Crippen LogP contribution in [-0.4, -0.2) is 36.6 Å². The molecule has 3 aromatic rings. The van der Waals surface area contributed by atoms with E-state index in [0.717, 1.165) is 6.42 Å². The van der Waals surface area contributed by atoms with E-state index in [-0.39, 0.29) is 17.4 Å². The summed E-state index contributed by atoms with van der Waals surface area (Å²) in [6.07, 6.45) is 0.830. The van der Waals surface area contributed by atoms with Gasteiger partial charge in [0.2, 0.25) is 0 Å². The highest BCUT2D eigenvalue weighted by Gasteiger charge is 2.47. The number of ketones is 1. The van der Waals surface area contributed by atoms with Crippen molar-refractivity contribution in [1.29, 1.82) is 0 Å². The first-order chi connectivity index (χ1) is 17.8. The predicted octanol–water partition coefficient (Wildman–Crippen LogP) is 5.90. The number of hydrogen-bond acceptors (Lipinski definition) is 6. The van der Waals surface area contributed by atoms with Gasteiger partial charge in [-0.1, -0.05) is 31.2 Å². The van der Waals surface area contributed by atoms with E-state index in [9.17, 15) is 14.7 Å². The number of aliphatic hydroxyl groups is 1. The second-order valence-electron chi connectivity index (χ2n) is 8.98. The standard InChI is InChI=1S/C30H31NO6/c1-5-17-36-25-8-6-7-21(18-25)28(32)26-27(20-9-13-23(35-4)14-10-20)31(30(34)29(26)33)22-11-15-24(16-12-22)37-19(2)3/h6-16,18-19,27,32H,5,17H2,1-4H3/b28-26-. The van der Waals surface area contributed by atoms with Gasteiger partial charge in [-0.2, -0.15) is 0 Å². The second kappa shape index (κ2) is 11.2. The number of rotatable bonds is 9. The number of hydrogen-bond donors (Lipinski definition) is 1. The summed E-state index contributed by atoms with van der Waals surface area (Å²) in [5.74, 6) is 0.112. The lowest BCUT2D eigenvalue weighted by atomic mass is 9.95. The lowest BCUT2D eigenvalue weighted by Crippen LogP contribution is -2.29. The van der Waals surface area contributed by atoms with Crippen molar-refractivity contribution >= 4 is 23.1 Å². The molecule has 4 rings (SSSR count). The number of aliphatic hydroxyl groups excluding tert-OH is 1. The maximum Gasteiger partial charge on any atom is 0.300 e. The maximum absolute atomic E-state index is 13.4. The van der Waals surface area contributed by atoms with Crippen molar-refractivity contribution < 1.29 is 28.9 Å². The van der Waals surface area contributed by atoms with Crippen molar-refractivity contribution in [1.82, 2.24) is 0 Å². The molecule has 7 heteroatoms. The van der Waals surface area contributed by atoms with E-state index in [4.69, 9.17) is 14.2 Å². The zero-order valence-electron chi connectivity index (χ0n) is 21.4. The van der Waals surface area contributed by atoms with Crippen LogP contribution in [0.3, 0.4) is 0 Å². The number of amides is 1. The van der Waals surface area contributed by atoms with Gasteiger partial charge in [0, 0.05) is 11.3 Å². The van der Waals surface area contributed by atoms with Crippen LogP contribution in [0.1, 0.15) is 44.4 Å². The third-order valence-electron chi connectivity index (χ3n) is 5.94. The molecule has 1 atom stereocenters. The Labute approximate surface area is 216 Å². The molecule has 0 spiro atoms.